The van der Waals surface area contributed by atoms with Crippen LogP contribution < -0.4 is 0 Å². The Balaban J connectivity index is 1.72. The van der Waals surface area contributed by atoms with Crippen molar-refractivity contribution in [3.63, 3.8) is 0 Å². The van der Waals surface area contributed by atoms with E-state index in [4.69, 9.17) is 18.6 Å². The van der Waals surface area contributed by atoms with Gasteiger partial charge in [0.1, 0.15) is 0 Å². The van der Waals surface area contributed by atoms with Crippen LogP contribution in [0.1, 0.15) is 68.2 Å². The number of hydrogen-bond donors (Lipinski definition) is 0. The first kappa shape index (κ1) is 18.2. The smallest absolute Gasteiger partial charge is 0.400 e. The minimum Gasteiger partial charge on any atom is -0.400 e. The Morgan fingerprint density at radius 3 is 1.04 bits per heavy atom. The topological polar surface area (TPSA) is 36.9 Å². The summed E-state index contributed by atoms with van der Waals surface area (Å²) in [4.78, 5) is 0. The second-order valence-corrected chi connectivity index (χ2v) is 9.16. The van der Waals surface area contributed by atoms with Gasteiger partial charge in [0.25, 0.3) is 0 Å². The van der Waals surface area contributed by atoms with Crippen LogP contribution in [0, 0.1) is 0 Å². The van der Waals surface area contributed by atoms with Crippen molar-refractivity contribution < 1.29 is 18.6 Å². The molecule has 6 heteroatoms. The van der Waals surface area contributed by atoms with Crippen LogP contribution in [0.2, 0.25) is 0 Å². The molecular weight excluding hydrogens is 302 g/mol. The van der Waals surface area contributed by atoms with E-state index in [0.717, 1.165) is 12.8 Å². The predicted octanol–water partition coefficient (Wildman–Crippen LogP) is 3.90. The average Bonchev–Trinajstić information content (AvgIpc) is 2.79. The number of rotatable bonds is 2. The summed E-state index contributed by atoms with van der Waals surface area (Å²) >= 11 is 0. The maximum atomic E-state index is 6.15. The highest BCUT2D eigenvalue weighted by Crippen LogP contribution is 2.42. The van der Waals surface area contributed by atoms with E-state index in [2.05, 4.69) is 67.5 Å². The summed E-state index contributed by atoms with van der Waals surface area (Å²) in [6.07, 6.45) is 6.05. The Morgan fingerprint density at radius 1 is 0.583 bits per heavy atom. The molecule has 2 heterocycles. The number of allylic oxidation sites excluding steroid dienone is 4. The molecule has 132 valence electrons. The molecule has 24 heavy (non-hydrogen) atoms. The van der Waals surface area contributed by atoms with Crippen LogP contribution >= 0.6 is 0 Å². The molecule has 0 bridgehead atoms. The van der Waals surface area contributed by atoms with Gasteiger partial charge >= 0.3 is 14.2 Å². The highest BCUT2D eigenvalue weighted by Gasteiger charge is 2.54. The van der Waals surface area contributed by atoms with Crippen LogP contribution in [0.5, 0.6) is 0 Å². The first-order chi connectivity index (χ1) is 10.8. The highest BCUT2D eigenvalue weighted by molar-refractivity contribution is 6.56. The summed E-state index contributed by atoms with van der Waals surface area (Å²) in [5.41, 5.74) is 1.19. The zero-order valence-electron chi connectivity index (χ0n) is 16.4. The Kier molecular flexibility index (Phi) is 4.16. The van der Waals surface area contributed by atoms with Crippen LogP contribution in [0.15, 0.2) is 23.1 Å². The zero-order chi connectivity index (χ0) is 18.0. The third kappa shape index (κ3) is 2.92. The van der Waals surface area contributed by atoms with Gasteiger partial charge in [0.2, 0.25) is 0 Å². The summed E-state index contributed by atoms with van der Waals surface area (Å²) in [5.74, 6) is 0. The van der Waals surface area contributed by atoms with Crippen molar-refractivity contribution in [3.05, 3.63) is 23.1 Å². The lowest BCUT2D eigenvalue weighted by atomic mass is 9.67. The molecule has 0 atom stereocenters. The lowest BCUT2D eigenvalue weighted by Crippen LogP contribution is -2.41. The molecule has 4 nitrogen and oxygen atoms in total. The Labute approximate surface area is 147 Å². The SMILES string of the molecule is CC1(C)OB(C2=CC=C(B3OC(C)(C)C(C)(C)O3)CC2)OC1(C)C. The largest absolute Gasteiger partial charge is 0.490 e. The van der Waals surface area contributed by atoms with Gasteiger partial charge in [0.15, 0.2) is 0 Å². The van der Waals surface area contributed by atoms with Crippen molar-refractivity contribution in [2.75, 3.05) is 0 Å². The number of hydrogen-bond acceptors (Lipinski definition) is 4. The van der Waals surface area contributed by atoms with Gasteiger partial charge in [0.05, 0.1) is 22.4 Å². The molecule has 1 aliphatic carbocycles. The molecule has 0 radical (unpaired) electrons. The summed E-state index contributed by atoms with van der Waals surface area (Å²) in [7, 11) is -0.516. The molecule has 2 fully saturated rings. The van der Waals surface area contributed by atoms with Gasteiger partial charge < -0.3 is 18.6 Å². The van der Waals surface area contributed by atoms with Gasteiger partial charge in [-0.15, -0.1) is 0 Å². The molecule has 0 aromatic carbocycles. The summed E-state index contributed by atoms with van der Waals surface area (Å²) in [5, 5.41) is 0. The lowest BCUT2D eigenvalue weighted by molar-refractivity contribution is 0.00578. The van der Waals surface area contributed by atoms with Crippen LogP contribution in [0.25, 0.3) is 0 Å². The van der Waals surface area contributed by atoms with Crippen molar-refractivity contribution in [1.82, 2.24) is 0 Å². The fourth-order valence-corrected chi connectivity index (χ4v) is 3.05. The second-order valence-electron chi connectivity index (χ2n) is 9.16. The third-order valence-electron chi connectivity index (χ3n) is 6.33. The Morgan fingerprint density at radius 2 is 0.833 bits per heavy atom. The average molecular weight is 332 g/mol. The summed E-state index contributed by atoms with van der Waals surface area (Å²) in [6.45, 7) is 16.7. The first-order valence-corrected chi connectivity index (χ1v) is 8.95. The predicted molar refractivity (Wildman–Crippen MR) is 97.6 cm³/mol. The van der Waals surface area contributed by atoms with Crippen molar-refractivity contribution in [3.8, 4) is 0 Å². The van der Waals surface area contributed by atoms with Gasteiger partial charge in [-0.05, 0) is 79.2 Å². The molecule has 0 aromatic heterocycles. The van der Waals surface area contributed by atoms with E-state index in [9.17, 15) is 0 Å². The van der Waals surface area contributed by atoms with Gasteiger partial charge in [0, 0.05) is 0 Å². The fourth-order valence-electron chi connectivity index (χ4n) is 3.05. The highest BCUT2D eigenvalue weighted by atomic mass is 16.7. The first-order valence-electron chi connectivity index (χ1n) is 8.95. The molecular formula is C18H30B2O4. The molecule has 2 aliphatic heterocycles. The van der Waals surface area contributed by atoms with E-state index >= 15 is 0 Å². The van der Waals surface area contributed by atoms with Crippen molar-refractivity contribution in [2.24, 2.45) is 0 Å². The van der Waals surface area contributed by atoms with Crippen LogP contribution in [0.3, 0.4) is 0 Å². The second kappa shape index (κ2) is 5.47. The van der Waals surface area contributed by atoms with E-state index in [0.29, 0.717) is 0 Å². The fraction of sp³-hybridized carbons (Fsp3) is 0.778. The maximum Gasteiger partial charge on any atom is 0.490 e. The standard InChI is InChI=1S/C18H30B2O4/c1-15(2)16(3,4)22-19(21-15)13-9-11-14(12-10-13)20-23-17(5,6)18(7,8)24-20/h9,11H,10,12H2,1-8H3. The Bertz CT molecular complexity index is 506. The minimum atomic E-state index is -0.297. The van der Waals surface area contributed by atoms with E-state index in [1.165, 1.54) is 10.9 Å². The molecule has 0 saturated carbocycles. The van der Waals surface area contributed by atoms with Gasteiger partial charge in [-0.2, -0.15) is 0 Å². The Hall–Kier alpha value is -0.550. The lowest BCUT2D eigenvalue weighted by Gasteiger charge is -2.32. The normalized spacial score (nSPS) is 30.3. The minimum absolute atomic E-state index is 0.258. The monoisotopic (exact) mass is 332 g/mol. The molecule has 0 amide bonds. The molecule has 0 unspecified atom stereocenters. The molecule has 0 N–H and O–H groups in total. The molecule has 0 spiro atoms. The van der Waals surface area contributed by atoms with E-state index < -0.39 is 0 Å². The molecule has 0 aromatic rings. The maximum absolute atomic E-state index is 6.15. The van der Waals surface area contributed by atoms with Crippen LogP contribution in [-0.2, 0) is 18.6 Å². The van der Waals surface area contributed by atoms with E-state index in [1.54, 1.807) is 0 Å². The van der Waals surface area contributed by atoms with Crippen molar-refractivity contribution >= 4 is 14.2 Å². The van der Waals surface area contributed by atoms with E-state index in [-0.39, 0.29) is 36.6 Å². The quantitative estimate of drug-likeness (QED) is 0.719. The summed E-state index contributed by atoms with van der Waals surface area (Å²) < 4.78 is 24.6. The summed E-state index contributed by atoms with van der Waals surface area (Å²) in [6, 6.07) is 0. The van der Waals surface area contributed by atoms with E-state index in [1.807, 2.05) is 0 Å². The zero-order valence-corrected chi connectivity index (χ0v) is 16.4. The van der Waals surface area contributed by atoms with Gasteiger partial charge in [-0.3, -0.25) is 0 Å². The van der Waals surface area contributed by atoms with Crippen molar-refractivity contribution in [2.45, 2.75) is 90.6 Å². The molecule has 3 rings (SSSR count). The van der Waals surface area contributed by atoms with Crippen LogP contribution in [-0.4, -0.2) is 36.6 Å². The van der Waals surface area contributed by atoms with Gasteiger partial charge in [-0.25, -0.2) is 0 Å². The molecule has 2 saturated heterocycles. The van der Waals surface area contributed by atoms with Gasteiger partial charge in [-0.1, -0.05) is 12.2 Å². The molecule has 3 aliphatic rings. The van der Waals surface area contributed by atoms with Crippen molar-refractivity contribution in [1.29, 1.82) is 0 Å². The van der Waals surface area contributed by atoms with Crippen LogP contribution in [0.4, 0.5) is 0 Å². The third-order valence-corrected chi connectivity index (χ3v) is 6.33.